The molecule has 0 saturated heterocycles. The molecule has 0 spiro atoms. The van der Waals surface area contributed by atoms with Crippen LogP contribution in [0, 0.1) is 0 Å². The molecule has 2 heteroatoms. The molecule has 0 radical (unpaired) electrons. The van der Waals surface area contributed by atoms with E-state index in [1.807, 2.05) is 0 Å². The van der Waals surface area contributed by atoms with Crippen LogP contribution in [-0.2, 0) is 6.42 Å². The van der Waals surface area contributed by atoms with Crippen LogP contribution in [0.25, 0.3) is 0 Å². The quantitative estimate of drug-likeness (QED) is 0.343. The van der Waals surface area contributed by atoms with Gasteiger partial charge in [0.1, 0.15) is 0 Å². The van der Waals surface area contributed by atoms with Crippen molar-refractivity contribution in [3.05, 3.63) is 35.4 Å². The predicted octanol–water partition coefficient (Wildman–Crippen LogP) is 4.89. The Kier molecular flexibility index (Phi) is 9.35. The van der Waals surface area contributed by atoms with Crippen molar-refractivity contribution in [1.29, 1.82) is 0 Å². The number of nitrogens with two attached hydrogens (primary N) is 1. The first-order valence-corrected chi connectivity index (χ1v) is 8.36. The molecule has 0 saturated carbocycles. The molecular weight excluding hydrogens is 244 g/mol. The van der Waals surface area contributed by atoms with Crippen molar-refractivity contribution in [1.82, 2.24) is 5.43 Å². The fourth-order valence-corrected chi connectivity index (χ4v) is 2.68. The second-order valence-electron chi connectivity index (χ2n) is 5.73. The molecule has 0 heterocycles. The predicted molar refractivity (Wildman–Crippen MR) is 88.5 cm³/mol. The minimum absolute atomic E-state index is 0.303. The van der Waals surface area contributed by atoms with Crippen molar-refractivity contribution < 1.29 is 0 Å². The summed E-state index contributed by atoms with van der Waals surface area (Å²) in [7, 11) is 0. The largest absolute Gasteiger partial charge is 0.271 e. The summed E-state index contributed by atoms with van der Waals surface area (Å²) in [6, 6.07) is 9.10. The zero-order valence-electron chi connectivity index (χ0n) is 13.3. The van der Waals surface area contributed by atoms with Crippen molar-refractivity contribution in [2.45, 2.75) is 77.7 Å². The van der Waals surface area contributed by atoms with Crippen LogP contribution in [0.2, 0.25) is 0 Å². The summed E-state index contributed by atoms with van der Waals surface area (Å²) in [5.41, 5.74) is 5.70. The van der Waals surface area contributed by atoms with E-state index >= 15 is 0 Å². The van der Waals surface area contributed by atoms with E-state index in [2.05, 4.69) is 43.5 Å². The Hall–Kier alpha value is -0.860. The lowest BCUT2D eigenvalue weighted by molar-refractivity contribution is 0.475. The number of hydrogen-bond acceptors (Lipinski definition) is 2. The zero-order chi connectivity index (χ0) is 14.6. The van der Waals surface area contributed by atoms with Crippen LogP contribution in [0.4, 0.5) is 0 Å². The van der Waals surface area contributed by atoms with Gasteiger partial charge in [0.15, 0.2) is 0 Å². The number of benzene rings is 1. The minimum Gasteiger partial charge on any atom is -0.271 e. The molecule has 1 aromatic rings. The number of aryl methyl sites for hydroxylation is 1. The van der Waals surface area contributed by atoms with Crippen LogP contribution < -0.4 is 11.3 Å². The van der Waals surface area contributed by atoms with E-state index in [9.17, 15) is 0 Å². The second kappa shape index (κ2) is 10.9. The summed E-state index contributed by atoms with van der Waals surface area (Å²) in [5, 5.41) is 0. The van der Waals surface area contributed by atoms with Crippen LogP contribution in [0.1, 0.15) is 82.4 Å². The maximum absolute atomic E-state index is 5.73. The Morgan fingerprint density at radius 2 is 1.70 bits per heavy atom. The molecule has 0 aliphatic heterocycles. The minimum atomic E-state index is 0.303. The highest BCUT2D eigenvalue weighted by Gasteiger charge is 2.09. The number of rotatable bonds is 11. The van der Waals surface area contributed by atoms with Gasteiger partial charge in [-0.1, -0.05) is 83.1 Å². The van der Waals surface area contributed by atoms with E-state index in [1.165, 1.54) is 56.1 Å². The maximum atomic E-state index is 5.73. The standard InChI is InChI=1S/C18H32N2/c1-3-5-6-7-8-9-10-14-18(20-19)17-13-11-12-16(4-2)15-17/h11-13,15,18,20H,3-10,14,19H2,1-2H3. The molecule has 114 valence electrons. The molecular formula is C18H32N2. The first-order chi connectivity index (χ1) is 9.81. The summed E-state index contributed by atoms with van der Waals surface area (Å²) in [6.07, 6.45) is 11.7. The smallest absolute Gasteiger partial charge is 0.0460 e. The van der Waals surface area contributed by atoms with Gasteiger partial charge in [0.05, 0.1) is 0 Å². The highest BCUT2D eigenvalue weighted by Crippen LogP contribution is 2.21. The molecule has 2 nitrogen and oxygen atoms in total. The molecule has 1 aromatic carbocycles. The molecule has 0 amide bonds. The molecule has 0 aliphatic carbocycles. The van der Waals surface area contributed by atoms with E-state index in [1.54, 1.807) is 0 Å². The van der Waals surface area contributed by atoms with Gasteiger partial charge in [-0.15, -0.1) is 0 Å². The van der Waals surface area contributed by atoms with E-state index < -0.39 is 0 Å². The maximum Gasteiger partial charge on any atom is 0.0460 e. The lowest BCUT2D eigenvalue weighted by Gasteiger charge is -2.17. The number of unbranched alkanes of at least 4 members (excludes halogenated alkanes) is 6. The van der Waals surface area contributed by atoms with Crippen molar-refractivity contribution >= 4 is 0 Å². The van der Waals surface area contributed by atoms with Crippen LogP contribution in [0.3, 0.4) is 0 Å². The summed E-state index contributed by atoms with van der Waals surface area (Å²) in [6.45, 7) is 4.46. The van der Waals surface area contributed by atoms with Gasteiger partial charge >= 0.3 is 0 Å². The van der Waals surface area contributed by atoms with Gasteiger partial charge in [-0.2, -0.15) is 0 Å². The van der Waals surface area contributed by atoms with Crippen molar-refractivity contribution in [3.63, 3.8) is 0 Å². The van der Waals surface area contributed by atoms with Crippen molar-refractivity contribution in [2.75, 3.05) is 0 Å². The Bertz CT molecular complexity index is 349. The van der Waals surface area contributed by atoms with Gasteiger partial charge in [0, 0.05) is 6.04 Å². The highest BCUT2D eigenvalue weighted by atomic mass is 15.2. The Morgan fingerprint density at radius 1 is 1.00 bits per heavy atom. The van der Waals surface area contributed by atoms with Crippen LogP contribution in [0.15, 0.2) is 24.3 Å². The molecule has 1 unspecified atom stereocenters. The van der Waals surface area contributed by atoms with Crippen molar-refractivity contribution in [3.8, 4) is 0 Å². The van der Waals surface area contributed by atoms with E-state index in [4.69, 9.17) is 5.84 Å². The molecule has 0 bridgehead atoms. The van der Waals surface area contributed by atoms with Gasteiger partial charge in [-0.3, -0.25) is 11.3 Å². The third kappa shape index (κ3) is 6.53. The molecule has 0 fully saturated rings. The lowest BCUT2D eigenvalue weighted by atomic mass is 9.98. The van der Waals surface area contributed by atoms with Crippen LogP contribution in [-0.4, -0.2) is 0 Å². The average molecular weight is 276 g/mol. The second-order valence-corrected chi connectivity index (χ2v) is 5.73. The topological polar surface area (TPSA) is 38.0 Å². The van der Waals surface area contributed by atoms with E-state index in [0.29, 0.717) is 6.04 Å². The molecule has 20 heavy (non-hydrogen) atoms. The summed E-state index contributed by atoms with van der Waals surface area (Å²) in [4.78, 5) is 0. The number of hydrogen-bond donors (Lipinski definition) is 2. The molecule has 0 aliphatic rings. The third-order valence-electron chi connectivity index (χ3n) is 4.06. The van der Waals surface area contributed by atoms with Crippen LogP contribution in [0.5, 0.6) is 0 Å². The Morgan fingerprint density at radius 3 is 2.35 bits per heavy atom. The SMILES string of the molecule is CCCCCCCCCC(NN)c1cccc(CC)c1. The van der Waals surface area contributed by atoms with Gasteiger partial charge in [0.2, 0.25) is 0 Å². The fourth-order valence-electron chi connectivity index (χ4n) is 2.68. The molecule has 1 atom stereocenters. The van der Waals surface area contributed by atoms with Gasteiger partial charge in [0.25, 0.3) is 0 Å². The van der Waals surface area contributed by atoms with E-state index in [-0.39, 0.29) is 0 Å². The highest BCUT2D eigenvalue weighted by molar-refractivity contribution is 5.25. The summed E-state index contributed by atoms with van der Waals surface area (Å²) >= 11 is 0. The molecule has 0 aromatic heterocycles. The monoisotopic (exact) mass is 276 g/mol. The number of nitrogens with one attached hydrogen (secondary N) is 1. The average Bonchev–Trinajstić information content (AvgIpc) is 2.50. The van der Waals surface area contributed by atoms with E-state index in [0.717, 1.165) is 12.8 Å². The van der Waals surface area contributed by atoms with Gasteiger partial charge in [-0.25, -0.2) is 0 Å². The Balaban J connectivity index is 2.28. The number of hydrazine groups is 1. The summed E-state index contributed by atoms with van der Waals surface area (Å²) in [5.74, 6) is 5.73. The fraction of sp³-hybridized carbons (Fsp3) is 0.667. The first kappa shape index (κ1) is 17.2. The lowest BCUT2D eigenvalue weighted by Crippen LogP contribution is -2.28. The summed E-state index contributed by atoms with van der Waals surface area (Å²) < 4.78 is 0. The van der Waals surface area contributed by atoms with Gasteiger partial charge < -0.3 is 0 Å². The molecule has 3 N–H and O–H groups in total. The zero-order valence-corrected chi connectivity index (χ0v) is 13.3. The third-order valence-corrected chi connectivity index (χ3v) is 4.06. The normalized spacial score (nSPS) is 12.6. The molecule has 1 rings (SSSR count). The van der Waals surface area contributed by atoms with Crippen LogP contribution >= 0.6 is 0 Å². The van der Waals surface area contributed by atoms with Crippen molar-refractivity contribution in [2.24, 2.45) is 5.84 Å². The first-order valence-electron chi connectivity index (χ1n) is 8.36. The van der Waals surface area contributed by atoms with Gasteiger partial charge in [-0.05, 0) is 24.0 Å². The Labute approximate surface area is 125 Å².